The number of carbonyl (C=O) groups excluding carboxylic acids is 1. The number of aromatic nitrogens is 3. The van der Waals surface area contributed by atoms with Crippen LogP contribution in [-0.2, 0) is 18.4 Å². The number of carbonyl (C=O) groups is 1. The Kier molecular flexibility index (Phi) is 5.88. The molecule has 0 saturated heterocycles. The van der Waals surface area contributed by atoms with Gasteiger partial charge in [-0.05, 0) is 55.2 Å². The molecule has 32 heavy (non-hydrogen) atoms. The van der Waals surface area contributed by atoms with Crippen molar-refractivity contribution in [2.45, 2.75) is 32.4 Å². The molecule has 2 aromatic heterocycles. The fourth-order valence-electron chi connectivity index (χ4n) is 3.76. The Morgan fingerprint density at radius 3 is 2.50 bits per heavy atom. The SMILES string of the molecule is Cc1cnn(C)c1-c1ccc(OC2CC(C(=O)N(O)Cc3cc(F)cc(F)c3)C2)c(F)n1. The standard InChI is InChI=1S/C22H21F3N4O3/c1-12-10-26-28(2)20(12)18-3-4-19(21(25)27-18)32-17-7-14(8-17)22(30)29(31)11-13-5-15(23)9-16(24)6-13/h3-6,9-10,14,17,31H,7-8,11H2,1-2H3. The molecule has 0 spiro atoms. The quantitative estimate of drug-likeness (QED) is 0.354. The van der Waals surface area contributed by atoms with Gasteiger partial charge in [-0.25, -0.2) is 18.8 Å². The summed E-state index contributed by atoms with van der Waals surface area (Å²) in [6, 6.07) is 5.91. The molecule has 0 radical (unpaired) electrons. The topological polar surface area (TPSA) is 80.5 Å². The first kappa shape index (κ1) is 21.8. The molecule has 7 nitrogen and oxygen atoms in total. The smallest absolute Gasteiger partial charge is 0.255 e. The molecule has 0 atom stereocenters. The molecule has 10 heteroatoms. The van der Waals surface area contributed by atoms with Gasteiger partial charge in [0, 0.05) is 19.0 Å². The minimum atomic E-state index is -0.793. The van der Waals surface area contributed by atoms with Crippen LogP contribution in [0, 0.1) is 30.4 Å². The Balaban J connectivity index is 1.33. The van der Waals surface area contributed by atoms with E-state index in [0.29, 0.717) is 22.5 Å². The highest BCUT2D eigenvalue weighted by Crippen LogP contribution is 2.34. The number of halogens is 3. The third-order valence-corrected chi connectivity index (χ3v) is 5.43. The van der Waals surface area contributed by atoms with E-state index in [0.717, 1.165) is 17.7 Å². The number of hydroxylamine groups is 2. The first-order valence-corrected chi connectivity index (χ1v) is 9.98. The maximum absolute atomic E-state index is 14.5. The van der Waals surface area contributed by atoms with Crippen molar-refractivity contribution in [2.24, 2.45) is 13.0 Å². The van der Waals surface area contributed by atoms with Gasteiger partial charge in [0.2, 0.25) is 5.91 Å². The van der Waals surface area contributed by atoms with Gasteiger partial charge in [0.15, 0.2) is 5.75 Å². The Morgan fingerprint density at radius 2 is 1.91 bits per heavy atom. The van der Waals surface area contributed by atoms with E-state index in [4.69, 9.17) is 4.74 Å². The van der Waals surface area contributed by atoms with E-state index in [9.17, 15) is 23.2 Å². The second-order valence-electron chi connectivity index (χ2n) is 7.87. The largest absolute Gasteiger partial charge is 0.486 e. The molecule has 3 aromatic rings. The summed E-state index contributed by atoms with van der Waals surface area (Å²) in [5.41, 5.74) is 2.12. The molecule has 0 bridgehead atoms. The van der Waals surface area contributed by atoms with Crippen LogP contribution in [0.25, 0.3) is 11.4 Å². The number of pyridine rings is 1. The van der Waals surface area contributed by atoms with Gasteiger partial charge in [0.05, 0.1) is 24.1 Å². The van der Waals surface area contributed by atoms with Crippen LogP contribution in [0.3, 0.4) is 0 Å². The van der Waals surface area contributed by atoms with Crippen molar-refractivity contribution in [3.63, 3.8) is 0 Å². The third kappa shape index (κ3) is 4.45. The van der Waals surface area contributed by atoms with Crippen LogP contribution >= 0.6 is 0 Å². The molecule has 1 fully saturated rings. The summed E-state index contributed by atoms with van der Waals surface area (Å²) in [5, 5.41) is 14.5. The maximum atomic E-state index is 14.5. The van der Waals surface area contributed by atoms with Gasteiger partial charge < -0.3 is 4.74 Å². The van der Waals surface area contributed by atoms with Crippen molar-refractivity contribution in [2.75, 3.05) is 0 Å². The molecule has 4 rings (SSSR count). The summed E-state index contributed by atoms with van der Waals surface area (Å²) < 4.78 is 48.2. The van der Waals surface area contributed by atoms with Gasteiger partial charge in [0.25, 0.3) is 5.95 Å². The lowest BCUT2D eigenvalue weighted by atomic mass is 9.81. The Morgan fingerprint density at radius 1 is 1.22 bits per heavy atom. The van der Waals surface area contributed by atoms with Gasteiger partial charge >= 0.3 is 0 Å². The number of hydrogen-bond acceptors (Lipinski definition) is 5. The number of ether oxygens (including phenoxy) is 1. The van der Waals surface area contributed by atoms with E-state index in [2.05, 4.69) is 10.1 Å². The summed E-state index contributed by atoms with van der Waals surface area (Å²) in [6.45, 7) is 1.51. The normalized spacial score (nSPS) is 17.7. The molecule has 1 saturated carbocycles. The zero-order chi connectivity index (χ0) is 23.0. The van der Waals surface area contributed by atoms with E-state index in [-0.39, 0.29) is 30.7 Å². The number of amides is 1. The first-order valence-electron chi connectivity index (χ1n) is 9.98. The Hall–Kier alpha value is -3.40. The molecule has 168 valence electrons. The van der Waals surface area contributed by atoms with Crippen molar-refractivity contribution >= 4 is 5.91 Å². The highest BCUT2D eigenvalue weighted by Gasteiger charge is 2.38. The molecule has 0 aliphatic heterocycles. The number of aryl methyl sites for hydroxylation is 2. The summed E-state index contributed by atoms with van der Waals surface area (Å²) in [6.07, 6.45) is 1.80. The van der Waals surface area contributed by atoms with Crippen LogP contribution in [-0.4, -0.2) is 37.0 Å². The van der Waals surface area contributed by atoms with E-state index in [1.54, 1.807) is 24.0 Å². The fraction of sp³-hybridized carbons (Fsp3) is 0.318. The number of hydrogen-bond donors (Lipinski definition) is 1. The second-order valence-corrected chi connectivity index (χ2v) is 7.87. The fourth-order valence-corrected chi connectivity index (χ4v) is 3.76. The third-order valence-electron chi connectivity index (χ3n) is 5.43. The van der Waals surface area contributed by atoms with Gasteiger partial charge in [-0.15, -0.1) is 0 Å². The Bertz CT molecular complexity index is 1120. The molecule has 1 aromatic carbocycles. The highest BCUT2D eigenvalue weighted by molar-refractivity contribution is 5.78. The predicted molar refractivity (Wildman–Crippen MR) is 107 cm³/mol. The van der Waals surface area contributed by atoms with Crippen molar-refractivity contribution in [1.82, 2.24) is 19.8 Å². The summed E-state index contributed by atoms with van der Waals surface area (Å²) in [5.74, 6) is -3.50. The Labute approximate surface area is 182 Å². The lowest BCUT2D eigenvalue weighted by Gasteiger charge is -2.35. The lowest BCUT2D eigenvalue weighted by molar-refractivity contribution is -0.178. The van der Waals surface area contributed by atoms with Gasteiger partial charge in [-0.1, -0.05) is 0 Å². The maximum Gasteiger partial charge on any atom is 0.255 e. The first-order chi connectivity index (χ1) is 15.2. The highest BCUT2D eigenvalue weighted by atomic mass is 19.1. The summed E-state index contributed by atoms with van der Waals surface area (Å²) >= 11 is 0. The lowest BCUT2D eigenvalue weighted by Crippen LogP contribution is -2.44. The number of rotatable bonds is 6. The number of benzene rings is 1. The minimum Gasteiger partial charge on any atom is -0.486 e. The molecule has 1 N–H and O–H groups in total. The van der Waals surface area contributed by atoms with Crippen molar-refractivity contribution in [1.29, 1.82) is 0 Å². The summed E-state index contributed by atoms with van der Waals surface area (Å²) in [7, 11) is 1.74. The monoisotopic (exact) mass is 446 g/mol. The van der Waals surface area contributed by atoms with Gasteiger partial charge in [-0.3, -0.25) is 14.7 Å². The van der Waals surface area contributed by atoms with Crippen LogP contribution < -0.4 is 4.74 Å². The second kappa shape index (κ2) is 8.62. The minimum absolute atomic E-state index is 0.0273. The van der Waals surface area contributed by atoms with Crippen LogP contribution in [0.2, 0.25) is 0 Å². The molecule has 1 aliphatic rings. The molecule has 2 heterocycles. The molecular weight excluding hydrogens is 425 g/mol. The zero-order valence-electron chi connectivity index (χ0n) is 17.4. The average Bonchev–Trinajstić information content (AvgIpc) is 3.02. The van der Waals surface area contributed by atoms with E-state index in [1.165, 1.54) is 6.07 Å². The van der Waals surface area contributed by atoms with E-state index >= 15 is 0 Å². The predicted octanol–water partition coefficient (Wildman–Crippen LogP) is 3.78. The molecular formula is C22H21F3N4O3. The molecule has 0 unspecified atom stereocenters. The van der Waals surface area contributed by atoms with Crippen LogP contribution in [0.1, 0.15) is 24.0 Å². The van der Waals surface area contributed by atoms with Gasteiger partial charge in [0.1, 0.15) is 17.7 Å². The number of nitrogens with zero attached hydrogens (tertiary/aromatic N) is 4. The van der Waals surface area contributed by atoms with Crippen LogP contribution in [0.5, 0.6) is 5.75 Å². The van der Waals surface area contributed by atoms with Gasteiger partial charge in [-0.2, -0.15) is 9.49 Å². The van der Waals surface area contributed by atoms with Crippen LogP contribution in [0.4, 0.5) is 13.2 Å². The van der Waals surface area contributed by atoms with Crippen molar-refractivity contribution in [3.05, 3.63) is 65.2 Å². The van der Waals surface area contributed by atoms with E-state index < -0.39 is 35.5 Å². The average molecular weight is 446 g/mol. The van der Waals surface area contributed by atoms with Crippen molar-refractivity contribution in [3.8, 4) is 17.1 Å². The molecule has 1 aliphatic carbocycles. The van der Waals surface area contributed by atoms with E-state index in [1.807, 2.05) is 6.92 Å². The zero-order valence-corrected chi connectivity index (χ0v) is 17.4. The van der Waals surface area contributed by atoms with Crippen LogP contribution in [0.15, 0.2) is 36.5 Å². The summed E-state index contributed by atoms with van der Waals surface area (Å²) in [4.78, 5) is 16.3. The molecule has 1 amide bonds. The van der Waals surface area contributed by atoms with Crippen molar-refractivity contribution < 1.29 is 27.9 Å².